The van der Waals surface area contributed by atoms with Crippen molar-refractivity contribution in [3.63, 3.8) is 0 Å². The highest BCUT2D eigenvalue weighted by atomic mass is 16.5. The average molecular weight is 322 g/mol. The Morgan fingerprint density at radius 3 is 2.67 bits per heavy atom. The number of hydrogen-bond acceptors (Lipinski definition) is 7. The molecule has 1 N–H and O–H groups in total. The van der Waals surface area contributed by atoms with Crippen LogP contribution in [0.4, 0.5) is 5.82 Å². The van der Waals surface area contributed by atoms with Gasteiger partial charge in [0.25, 0.3) is 0 Å². The van der Waals surface area contributed by atoms with E-state index < -0.39 is 0 Å². The number of nitrogens with one attached hydrogen (secondary N) is 1. The fraction of sp³-hybridized carbons (Fsp3) is 0.294. The molecule has 24 heavy (non-hydrogen) atoms. The van der Waals surface area contributed by atoms with E-state index in [9.17, 15) is 0 Å². The van der Waals surface area contributed by atoms with E-state index in [-0.39, 0.29) is 0 Å². The van der Waals surface area contributed by atoms with Crippen molar-refractivity contribution >= 4 is 16.9 Å². The quantitative estimate of drug-likeness (QED) is 0.783. The number of hydrogen-bond donors (Lipinski definition) is 1. The summed E-state index contributed by atoms with van der Waals surface area (Å²) in [5.74, 6) is 1.48. The van der Waals surface area contributed by atoms with E-state index >= 15 is 0 Å². The molecule has 1 aliphatic rings. The van der Waals surface area contributed by atoms with E-state index in [0.717, 1.165) is 54.3 Å². The van der Waals surface area contributed by atoms with Crippen molar-refractivity contribution in [1.29, 1.82) is 0 Å². The summed E-state index contributed by atoms with van der Waals surface area (Å²) in [6.45, 7) is 3.74. The van der Waals surface area contributed by atoms with Gasteiger partial charge in [0.15, 0.2) is 5.82 Å². The first-order chi connectivity index (χ1) is 11.8. The third-order valence-corrected chi connectivity index (χ3v) is 4.12. The lowest BCUT2D eigenvalue weighted by atomic mass is 10.1. The first-order valence-electron chi connectivity index (χ1n) is 7.93. The Balaban J connectivity index is 1.77. The van der Waals surface area contributed by atoms with Gasteiger partial charge in [-0.1, -0.05) is 0 Å². The number of nitrogens with zero attached hydrogens (tertiary/aromatic N) is 5. The Bertz CT molecular complexity index is 845. The summed E-state index contributed by atoms with van der Waals surface area (Å²) in [5.41, 5.74) is 3.47. The van der Waals surface area contributed by atoms with Crippen LogP contribution < -0.4 is 15.0 Å². The van der Waals surface area contributed by atoms with Crippen molar-refractivity contribution in [2.45, 2.75) is 0 Å². The fourth-order valence-electron chi connectivity index (χ4n) is 2.85. The third-order valence-electron chi connectivity index (χ3n) is 4.12. The van der Waals surface area contributed by atoms with Crippen LogP contribution in [0.2, 0.25) is 0 Å². The number of aromatic nitrogens is 4. The maximum absolute atomic E-state index is 5.11. The summed E-state index contributed by atoms with van der Waals surface area (Å²) in [4.78, 5) is 20.1. The number of rotatable bonds is 3. The maximum Gasteiger partial charge on any atom is 0.212 e. The summed E-state index contributed by atoms with van der Waals surface area (Å²) in [7, 11) is 1.60. The molecule has 0 atom stereocenters. The van der Waals surface area contributed by atoms with Gasteiger partial charge < -0.3 is 15.0 Å². The van der Waals surface area contributed by atoms with Crippen molar-refractivity contribution in [1.82, 2.24) is 25.3 Å². The van der Waals surface area contributed by atoms with E-state index in [1.165, 1.54) is 0 Å². The lowest BCUT2D eigenvalue weighted by molar-refractivity contribution is 0.398. The standard InChI is InChI=1S/C17H18N6O/c1-24-15-5-2-12(10-19-15)13-3-4-14-16(22-13)17(21-11-20-14)23-8-6-18-7-9-23/h2-5,10-11,18H,6-9H2,1H3. The first kappa shape index (κ1) is 14.8. The smallest absolute Gasteiger partial charge is 0.212 e. The van der Waals surface area contributed by atoms with E-state index in [2.05, 4.69) is 25.2 Å². The number of methoxy groups -OCH3 is 1. The van der Waals surface area contributed by atoms with E-state index in [0.29, 0.717) is 5.88 Å². The molecule has 0 bridgehead atoms. The summed E-state index contributed by atoms with van der Waals surface area (Å²) in [6, 6.07) is 7.73. The SMILES string of the molecule is COc1ccc(-c2ccc3ncnc(N4CCNCC4)c3n2)cn1. The van der Waals surface area contributed by atoms with E-state index in [1.54, 1.807) is 19.6 Å². The van der Waals surface area contributed by atoms with Gasteiger partial charge in [0, 0.05) is 44.0 Å². The molecule has 3 aromatic rings. The van der Waals surface area contributed by atoms with Crippen molar-refractivity contribution in [3.8, 4) is 17.1 Å². The van der Waals surface area contributed by atoms with Crippen LogP contribution in [0, 0.1) is 0 Å². The van der Waals surface area contributed by atoms with Gasteiger partial charge in [0.2, 0.25) is 5.88 Å². The zero-order chi connectivity index (χ0) is 16.4. The fourth-order valence-corrected chi connectivity index (χ4v) is 2.85. The maximum atomic E-state index is 5.11. The number of ether oxygens (including phenoxy) is 1. The van der Waals surface area contributed by atoms with Crippen LogP contribution in [0.3, 0.4) is 0 Å². The van der Waals surface area contributed by atoms with Gasteiger partial charge in [-0.15, -0.1) is 0 Å². The molecule has 7 heteroatoms. The number of fused-ring (bicyclic) bond motifs is 1. The molecule has 4 heterocycles. The largest absolute Gasteiger partial charge is 0.481 e. The van der Waals surface area contributed by atoms with Gasteiger partial charge in [-0.25, -0.2) is 19.9 Å². The average Bonchev–Trinajstić information content (AvgIpc) is 2.68. The lowest BCUT2D eigenvalue weighted by Crippen LogP contribution is -2.44. The molecule has 4 rings (SSSR count). The Hall–Kier alpha value is -2.80. The van der Waals surface area contributed by atoms with Crippen molar-refractivity contribution in [2.75, 3.05) is 38.2 Å². The molecular formula is C17H18N6O. The predicted molar refractivity (Wildman–Crippen MR) is 92.2 cm³/mol. The molecule has 0 aromatic carbocycles. The van der Waals surface area contributed by atoms with Gasteiger partial charge in [0.1, 0.15) is 11.8 Å². The summed E-state index contributed by atoms with van der Waals surface area (Å²) < 4.78 is 5.11. The van der Waals surface area contributed by atoms with E-state index in [4.69, 9.17) is 9.72 Å². The van der Waals surface area contributed by atoms with Crippen molar-refractivity contribution in [3.05, 3.63) is 36.8 Å². The number of pyridine rings is 2. The van der Waals surface area contributed by atoms with Crippen LogP contribution in [0.5, 0.6) is 5.88 Å². The molecule has 1 aliphatic heterocycles. The van der Waals surface area contributed by atoms with Crippen LogP contribution in [0.1, 0.15) is 0 Å². The normalized spacial score (nSPS) is 14.8. The number of piperazine rings is 1. The molecule has 0 radical (unpaired) electrons. The first-order valence-corrected chi connectivity index (χ1v) is 7.93. The minimum absolute atomic E-state index is 0.587. The summed E-state index contributed by atoms with van der Waals surface area (Å²) in [5, 5.41) is 3.35. The number of anilines is 1. The molecule has 3 aromatic heterocycles. The zero-order valence-electron chi connectivity index (χ0n) is 13.4. The Morgan fingerprint density at radius 2 is 1.92 bits per heavy atom. The van der Waals surface area contributed by atoms with Crippen molar-refractivity contribution < 1.29 is 4.74 Å². The second-order valence-electron chi connectivity index (χ2n) is 5.59. The Morgan fingerprint density at radius 1 is 1.04 bits per heavy atom. The minimum atomic E-state index is 0.587. The molecule has 0 unspecified atom stereocenters. The second kappa shape index (κ2) is 6.37. The van der Waals surface area contributed by atoms with Crippen LogP contribution in [0.25, 0.3) is 22.3 Å². The highest BCUT2D eigenvalue weighted by molar-refractivity contribution is 5.87. The minimum Gasteiger partial charge on any atom is -0.481 e. The van der Waals surface area contributed by atoms with Crippen LogP contribution in [-0.4, -0.2) is 53.2 Å². The molecular weight excluding hydrogens is 304 g/mol. The van der Waals surface area contributed by atoms with Crippen molar-refractivity contribution in [2.24, 2.45) is 0 Å². The van der Waals surface area contributed by atoms with Gasteiger partial charge in [-0.2, -0.15) is 0 Å². The molecule has 1 fully saturated rings. The Kier molecular flexibility index (Phi) is 3.92. The molecule has 1 saturated heterocycles. The molecule has 0 aliphatic carbocycles. The van der Waals surface area contributed by atoms with Gasteiger partial charge in [-0.3, -0.25) is 0 Å². The highest BCUT2D eigenvalue weighted by Gasteiger charge is 2.16. The molecule has 122 valence electrons. The van der Waals surface area contributed by atoms with Gasteiger partial charge in [-0.05, 0) is 18.2 Å². The molecule has 0 spiro atoms. The van der Waals surface area contributed by atoms with Crippen LogP contribution >= 0.6 is 0 Å². The van der Waals surface area contributed by atoms with Gasteiger partial charge >= 0.3 is 0 Å². The van der Waals surface area contributed by atoms with Crippen LogP contribution in [0.15, 0.2) is 36.8 Å². The molecule has 7 nitrogen and oxygen atoms in total. The lowest BCUT2D eigenvalue weighted by Gasteiger charge is -2.28. The summed E-state index contributed by atoms with van der Waals surface area (Å²) >= 11 is 0. The predicted octanol–water partition coefficient (Wildman–Crippen LogP) is 1.50. The highest BCUT2D eigenvalue weighted by Crippen LogP contribution is 2.25. The topological polar surface area (TPSA) is 76.1 Å². The summed E-state index contributed by atoms with van der Waals surface area (Å²) in [6.07, 6.45) is 3.37. The molecule has 0 saturated carbocycles. The zero-order valence-corrected chi connectivity index (χ0v) is 13.4. The monoisotopic (exact) mass is 322 g/mol. The van der Waals surface area contributed by atoms with E-state index in [1.807, 2.05) is 24.3 Å². The van der Waals surface area contributed by atoms with Crippen LogP contribution in [-0.2, 0) is 0 Å². The van der Waals surface area contributed by atoms with Gasteiger partial charge in [0.05, 0.1) is 18.3 Å². The second-order valence-corrected chi connectivity index (χ2v) is 5.59. The Labute approximate surface area is 139 Å². The molecule has 0 amide bonds. The third kappa shape index (κ3) is 2.74.